The zero-order chi connectivity index (χ0) is 24.9. The van der Waals surface area contributed by atoms with E-state index < -0.39 is 19.8 Å². The van der Waals surface area contributed by atoms with Crippen molar-refractivity contribution < 1.29 is 23.1 Å². The number of benzene rings is 3. The van der Waals surface area contributed by atoms with Crippen molar-refractivity contribution in [2.45, 2.75) is 19.6 Å². The molecular formula is C22H17Cl5NO5P. The monoisotopic (exact) mass is 581 g/mol. The molecule has 0 aliphatic heterocycles. The summed E-state index contributed by atoms with van der Waals surface area (Å²) >= 11 is 30.6. The van der Waals surface area contributed by atoms with Crippen LogP contribution in [0.1, 0.15) is 12.5 Å². The Balaban J connectivity index is 1.86. The number of hydrogen-bond acceptors (Lipinski definition) is 5. The fraction of sp³-hybridized carbons (Fsp3) is 0.136. The lowest BCUT2D eigenvalue weighted by Gasteiger charge is -2.24. The van der Waals surface area contributed by atoms with Crippen molar-refractivity contribution in [1.29, 1.82) is 0 Å². The second-order valence-electron chi connectivity index (χ2n) is 6.84. The lowest BCUT2D eigenvalue weighted by Crippen LogP contribution is -2.35. The van der Waals surface area contributed by atoms with Crippen molar-refractivity contribution >= 4 is 71.7 Å². The van der Waals surface area contributed by atoms with Gasteiger partial charge < -0.3 is 13.8 Å². The quantitative estimate of drug-likeness (QED) is 0.118. The normalized spacial score (nSPS) is 13.6. The molecule has 0 radical (unpaired) electrons. The molecular weight excluding hydrogens is 566 g/mol. The average Bonchev–Trinajstić information content (AvgIpc) is 2.84. The van der Waals surface area contributed by atoms with Gasteiger partial charge in [0.25, 0.3) is 0 Å². The molecule has 3 aromatic carbocycles. The summed E-state index contributed by atoms with van der Waals surface area (Å²) in [5.74, 6) is -0.852. The van der Waals surface area contributed by atoms with Crippen LogP contribution in [0.4, 0.5) is 0 Å². The van der Waals surface area contributed by atoms with E-state index in [1.807, 2.05) is 18.2 Å². The molecule has 0 aliphatic rings. The Kier molecular flexibility index (Phi) is 9.41. The molecule has 180 valence electrons. The van der Waals surface area contributed by atoms with E-state index in [-0.39, 0.29) is 43.2 Å². The number of carbonyl (C=O) groups excluding carboxylic acids is 1. The Morgan fingerprint density at radius 3 is 1.88 bits per heavy atom. The van der Waals surface area contributed by atoms with Gasteiger partial charge in [0.15, 0.2) is 5.75 Å². The van der Waals surface area contributed by atoms with Gasteiger partial charge in [0.05, 0.1) is 15.1 Å². The standard InChI is InChI=1S/C22H17Cl5NO5P/c1-13(22(29)31-12-14-8-4-2-5-9-14)28-34(30,32-15-10-6-3-7-11-15)33-21-19(26)17(24)16(23)18(25)20(21)27/h2-11,13H,12H2,1H3,(H,28,30)/t13-,34?/m0/s1. The number of para-hydroxylation sites is 1. The molecule has 0 amide bonds. The first-order valence-corrected chi connectivity index (χ1v) is 13.1. The number of esters is 1. The number of carbonyl (C=O) groups is 1. The Labute approximate surface area is 221 Å². The predicted octanol–water partition coefficient (Wildman–Crippen LogP) is 8.24. The van der Waals surface area contributed by atoms with E-state index in [2.05, 4.69) is 5.09 Å². The van der Waals surface area contributed by atoms with Crippen LogP contribution in [-0.4, -0.2) is 12.0 Å². The highest BCUT2D eigenvalue weighted by Gasteiger charge is 2.36. The van der Waals surface area contributed by atoms with Crippen LogP contribution in [0.5, 0.6) is 11.5 Å². The molecule has 6 nitrogen and oxygen atoms in total. The summed E-state index contributed by atoms with van der Waals surface area (Å²) in [4.78, 5) is 12.6. The third-order valence-electron chi connectivity index (χ3n) is 4.28. The van der Waals surface area contributed by atoms with Crippen LogP contribution in [0, 0.1) is 0 Å². The van der Waals surface area contributed by atoms with E-state index in [1.54, 1.807) is 42.5 Å². The first-order valence-electron chi connectivity index (χ1n) is 9.65. The Bertz CT molecular complexity index is 1180. The highest BCUT2D eigenvalue weighted by Crippen LogP contribution is 2.54. The molecule has 0 aliphatic carbocycles. The van der Waals surface area contributed by atoms with Gasteiger partial charge in [0.2, 0.25) is 0 Å². The molecule has 1 N–H and O–H groups in total. The van der Waals surface area contributed by atoms with Gasteiger partial charge in [-0.15, -0.1) is 0 Å². The van der Waals surface area contributed by atoms with Gasteiger partial charge >= 0.3 is 13.7 Å². The number of ether oxygens (including phenoxy) is 1. The van der Waals surface area contributed by atoms with Crippen LogP contribution in [0.3, 0.4) is 0 Å². The molecule has 3 aromatic rings. The maximum absolute atomic E-state index is 13.8. The minimum absolute atomic E-state index is 0.0243. The molecule has 0 bridgehead atoms. The highest BCUT2D eigenvalue weighted by atomic mass is 35.5. The van der Waals surface area contributed by atoms with Gasteiger partial charge in [-0.1, -0.05) is 107 Å². The van der Waals surface area contributed by atoms with Crippen molar-refractivity contribution in [2.75, 3.05) is 0 Å². The zero-order valence-corrected chi connectivity index (χ0v) is 22.1. The van der Waals surface area contributed by atoms with E-state index in [0.29, 0.717) is 0 Å². The molecule has 0 saturated heterocycles. The first-order chi connectivity index (χ1) is 16.1. The number of nitrogens with one attached hydrogen (secondary N) is 1. The smallest absolute Gasteiger partial charge is 0.460 e. The minimum atomic E-state index is -4.36. The molecule has 0 saturated carbocycles. The fourth-order valence-electron chi connectivity index (χ4n) is 2.62. The Hall–Kier alpha value is -1.63. The number of hydrogen-bond donors (Lipinski definition) is 1. The highest BCUT2D eigenvalue weighted by molar-refractivity contribution is 7.52. The summed E-state index contributed by atoms with van der Waals surface area (Å²) in [6.07, 6.45) is 0. The second kappa shape index (κ2) is 11.9. The van der Waals surface area contributed by atoms with Crippen LogP contribution in [0.25, 0.3) is 0 Å². The summed E-state index contributed by atoms with van der Waals surface area (Å²) in [5.41, 5.74) is 0.784. The summed E-state index contributed by atoms with van der Waals surface area (Å²) < 4.78 is 30.2. The number of halogens is 5. The molecule has 0 fully saturated rings. The Morgan fingerprint density at radius 2 is 1.32 bits per heavy atom. The van der Waals surface area contributed by atoms with E-state index in [0.717, 1.165) is 5.56 Å². The fourth-order valence-corrected chi connectivity index (χ4v) is 5.47. The topological polar surface area (TPSA) is 73.9 Å². The first kappa shape index (κ1) is 27.0. The van der Waals surface area contributed by atoms with Crippen molar-refractivity contribution in [3.05, 3.63) is 91.3 Å². The third-order valence-corrected chi connectivity index (χ3v) is 8.10. The van der Waals surface area contributed by atoms with Gasteiger partial charge in [0, 0.05) is 0 Å². The molecule has 2 atom stereocenters. The summed E-state index contributed by atoms with van der Waals surface area (Å²) in [6.45, 7) is 1.46. The van der Waals surface area contributed by atoms with Crippen LogP contribution >= 0.6 is 65.8 Å². The second-order valence-corrected chi connectivity index (χ2v) is 10.3. The van der Waals surface area contributed by atoms with E-state index in [9.17, 15) is 9.36 Å². The largest absolute Gasteiger partial charge is 0.513 e. The molecule has 0 heterocycles. The van der Waals surface area contributed by atoms with Gasteiger partial charge in [-0.25, -0.2) is 4.57 Å². The molecule has 3 rings (SSSR count). The lowest BCUT2D eigenvalue weighted by atomic mass is 10.2. The minimum Gasteiger partial charge on any atom is -0.460 e. The lowest BCUT2D eigenvalue weighted by molar-refractivity contribution is -0.146. The van der Waals surface area contributed by atoms with Gasteiger partial charge in [-0.3, -0.25) is 4.79 Å². The zero-order valence-electron chi connectivity index (χ0n) is 17.4. The van der Waals surface area contributed by atoms with Crippen molar-refractivity contribution in [3.8, 4) is 11.5 Å². The summed E-state index contributed by atoms with van der Waals surface area (Å²) in [7, 11) is -4.36. The molecule has 34 heavy (non-hydrogen) atoms. The predicted molar refractivity (Wildman–Crippen MR) is 136 cm³/mol. The van der Waals surface area contributed by atoms with Crippen molar-refractivity contribution in [2.24, 2.45) is 0 Å². The van der Waals surface area contributed by atoms with Crippen molar-refractivity contribution in [1.82, 2.24) is 5.09 Å². The van der Waals surface area contributed by atoms with Crippen molar-refractivity contribution in [3.63, 3.8) is 0 Å². The average molecular weight is 584 g/mol. The van der Waals surface area contributed by atoms with Gasteiger partial charge in [0.1, 0.15) is 28.4 Å². The number of rotatable bonds is 9. The van der Waals surface area contributed by atoms with Gasteiger partial charge in [-0.05, 0) is 24.6 Å². The molecule has 0 spiro atoms. The SMILES string of the molecule is C[C@H](NP(=O)(Oc1ccccc1)Oc1c(Cl)c(Cl)c(Cl)c(Cl)c1Cl)C(=O)OCc1ccccc1. The van der Waals surface area contributed by atoms with E-state index in [4.69, 9.17) is 71.8 Å². The van der Waals surface area contributed by atoms with Crippen LogP contribution in [-0.2, 0) is 20.7 Å². The van der Waals surface area contributed by atoms with Crippen LogP contribution in [0.15, 0.2) is 60.7 Å². The van der Waals surface area contributed by atoms with Crippen LogP contribution in [0.2, 0.25) is 25.1 Å². The van der Waals surface area contributed by atoms with E-state index in [1.165, 1.54) is 6.92 Å². The summed E-state index contributed by atoms with van der Waals surface area (Å²) in [6, 6.07) is 16.1. The molecule has 1 unspecified atom stereocenters. The van der Waals surface area contributed by atoms with Gasteiger partial charge in [-0.2, -0.15) is 5.09 Å². The summed E-state index contributed by atoms with van der Waals surface area (Å²) in [5, 5.41) is 1.64. The maximum Gasteiger partial charge on any atom is 0.513 e. The molecule has 0 aromatic heterocycles. The van der Waals surface area contributed by atoms with E-state index >= 15 is 0 Å². The molecule has 12 heteroatoms. The van der Waals surface area contributed by atoms with Crippen LogP contribution < -0.4 is 14.1 Å². The maximum atomic E-state index is 13.8. The third kappa shape index (κ3) is 6.73. The Morgan fingerprint density at radius 1 is 0.824 bits per heavy atom.